The van der Waals surface area contributed by atoms with E-state index in [4.69, 9.17) is 0 Å². The minimum absolute atomic E-state index is 0.129. The zero-order chi connectivity index (χ0) is 17.1. The molecule has 0 spiro atoms. The lowest BCUT2D eigenvalue weighted by Gasteiger charge is -2.30. The van der Waals surface area contributed by atoms with Crippen molar-refractivity contribution in [1.82, 2.24) is 25.1 Å². The number of aromatic nitrogens is 4. The van der Waals surface area contributed by atoms with E-state index in [1.807, 2.05) is 11.0 Å². The molecule has 0 saturated heterocycles. The number of nitrogens with zero attached hydrogens (tertiary/aromatic N) is 5. The first-order chi connectivity index (χ1) is 11.6. The van der Waals surface area contributed by atoms with Crippen molar-refractivity contribution < 1.29 is 4.79 Å². The summed E-state index contributed by atoms with van der Waals surface area (Å²) in [7, 11) is 0. The number of benzene rings is 1. The Balaban J connectivity index is 1.85. The number of hydrogen-bond donors (Lipinski definition) is 0. The number of amides is 1. The summed E-state index contributed by atoms with van der Waals surface area (Å²) in [5, 5.41) is 11.9. The molecular weight excluding hydrogens is 302 g/mol. The second-order valence-electron chi connectivity index (χ2n) is 6.86. The quantitative estimate of drug-likeness (QED) is 0.866. The number of aryl methyl sites for hydroxylation is 2. The molecule has 0 bridgehead atoms. The molecule has 128 valence electrons. The summed E-state index contributed by atoms with van der Waals surface area (Å²) in [5.41, 5.74) is 2.37. The first-order valence-electron chi connectivity index (χ1n) is 8.68. The third-order valence-corrected chi connectivity index (χ3v) is 4.62. The average Bonchev–Trinajstić information content (AvgIpc) is 2.91. The zero-order valence-corrected chi connectivity index (χ0v) is 14.6. The Morgan fingerprint density at radius 3 is 2.96 bits per heavy atom. The highest BCUT2D eigenvalue weighted by Crippen LogP contribution is 2.27. The van der Waals surface area contributed by atoms with E-state index in [0.717, 1.165) is 31.4 Å². The number of rotatable bonds is 4. The SMILES string of the molecule is Cc1cccc(CN(C(=O)C2CCCCn3nnnc32)C(C)C)c1. The van der Waals surface area contributed by atoms with Crippen LogP contribution in [0.3, 0.4) is 0 Å². The second-order valence-corrected chi connectivity index (χ2v) is 6.86. The maximum atomic E-state index is 13.3. The van der Waals surface area contributed by atoms with Crippen molar-refractivity contribution in [3.63, 3.8) is 0 Å². The molecule has 0 fully saturated rings. The van der Waals surface area contributed by atoms with Gasteiger partial charge in [-0.25, -0.2) is 4.68 Å². The summed E-state index contributed by atoms with van der Waals surface area (Å²) >= 11 is 0. The molecule has 2 heterocycles. The molecule has 2 aromatic rings. The van der Waals surface area contributed by atoms with Gasteiger partial charge in [0.15, 0.2) is 5.82 Å². The Bertz CT molecular complexity index is 709. The van der Waals surface area contributed by atoms with Gasteiger partial charge in [-0.05, 0) is 49.6 Å². The highest BCUT2D eigenvalue weighted by molar-refractivity contribution is 5.83. The van der Waals surface area contributed by atoms with E-state index in [1.165, 1.54) is 5.56 Å². The smallest absolute Gasteiger partial charge is 0.233 e. The van der Waals surface area contributed by atoms with E-state index >= 15 is 0 Å². The Morgan fingerprint density at radius 1 is 1.38 bits per heavy atom. The average molecular weight is 327 g/mol. The highest BCUT2D eigenvalue weighted by atomic mass is 16.2. The van der Waals surface area contributed by atoms with Crippen LogP contribution in [0.25, 0.3) is 0 Å². The van der Waals surface area contributed by atoms with E-state index in [-0.39, 0.29) is 17.9 Å². The highest BCUT2D eigenvalue weighted by Gasteiger charge is 2.32. The molecule has 0 aliphatic carbocycles. The maximum Gasteiger partial charge on any atom is 0.233 e. The van der Waals surface area contributed by atoms with Crippen LogP contribution in [0.1, 0.15) is 56.0 Å². The summed E-state index contributed by atoms with van der Waals surface area (Å²) in [4.78, 5) is 15.2. The molecule has 1 aliphatic heterocycles. The first kappa shape index (κ1) is 16.6. The molecule has 1 aliphatic rings. The first-order valence-corrected chi connectivity index (χ1v) is 8.68. The summed E-state index contributed by atoms with van der Waals surface area (Å²) in [6, 6.07) is 8.46. The fourth-order valence-corrected chi connectivity index (χ4v) is 3.32. The molecule has 1 aromatic carbocycles. The molecule has 6 nitrogen and oxygen atoms in total. The van der Waals surface area contributed by atoms with Crippen molar-refractivity contribution in [2.24, 2.45) is 0 Å². The Morgan fingerprint density at radius 2 is 2.21 bits per heavy atom. The number of fused-ring (bicyclic) bond motifs is 1. The monoisotopic (exact) mass is 327 g/mol. The standard InChI is InChI=1S/C18H25N5O/c1-13(2)22(12-15-8-6-7-14(3)11-15)18(24)16-9-4-5-10-23-17(16)19-20-21-23/h6-8,11,13,16H,4-5,9-10,12H2,1-3H3. The van der Waals surface area contributed by atoms with Gasteiger partial charge in [0.05, 0.1) is 5.92 Å². The van der Waals surface area contributed by atoms with E-state index in [9.17, 15) is 4.79 Å². The lowest BCUT2D eigenvalue weighted by molar-refractivity contribution is -0.135. The molecule has 1 unspecified atom stereocenters. The Hall–Kier alpha value is -2.24. The summed E-state index contributed by atoms with van der Waals surface area (Å²) in [6.07, 6.45) is 2.84. The van der Waals surface area contributed by atoms with E-state index in [2.05, 4.69) is 54.5 Å². The molecule has 1 atom stereocenters. The van der Waals surface area contributed by atoms with Gasteiger partial charge in [-0.15, -0.1) is 5.10 Å². The van der Waals surface area contributed by atoms with Crippen molar-refractivity contribution in [3.8, 4) is 0 Å². The van der Waals surface area contributed by atoms with Gasteiger partial charge in [-0.1, -0.05) is 36.2 Å². The van der Waals surface area contributed by atoms with Gasteiger partial charge in [0.2, 0.25) is 5.91 Å². The molecule has 24 heavy (non-hydrogen) atoms. The van der Waals surface area contributed by atoms with Gasteiger partial charge in [-0.3, -0.25) is 4.79 Å². The van der Waals surface area contributed by atoms with Gasteiger partial charge in [0.1, 0.15) is 0 Å². The van der Waals surface area contributed by atoms with Crippen LogP contribution in [0.2, 0.25) is 0 Å². The predicted octanol–water partition coefficient (Wildman–Crippen LogP) is 2.69. The fraction of sp³-hybridized carbons (Fsp3) is 0.556. The van der Waals surface area contributed by atoms with Gasteiger partial charge < -0.3 is 4.90 Å². The van der Waals surface area contributed by atoms with Crippen molar-refractivity contribution in [2.45, 2.75) is 65.1 Å². The van der Waals surface area contributed by atoms with Crippen LogP contribution < -0.4 is 0 Å². The summed E-state index contributed by atoms with van der Waals surface area (Å²) in [6.45, 7) is 7.62. The molecule has 0 N–H and O–H groups in total. The van der Waals surface area contributed by atoms with Crippen LogP contribution in [0.15, 0.2) is 24.3 Å². The minimum Gasteiger partial charge on any atom is -0.335 e. The third-order valence-electron chi connectivity index (χ3n) is 4.62. The lowest BCUT2D eigenvalue weighted by Crippen LogP contribution is -2.40. The molecule has 6 heteroatoms. The van der Waals surface area contributed by atoms with Crippen LogP contribution >= 0.6 is 0 Å². The van der Waals surface area contributed by atoms with Crippen molar-refractivity contribution in [1.29, 1.82) is 0 Å². The van der Waals surface area contributed by atoms with Gasteiger partial charge in [-0.2, -0.15) is 0 Å². The minimum atomic E-state index is -0.241. The van der Waals surface area contributed by atoms with E-state index < -0.39 is 0 Å². The normalized spacial score (nSPS) is 17.4. The molecule has 1 aromatic heterocycles. The molecule has 1 amide bonds. The second kappa shape index (κ2) is 7.11. The van der Waals surface area contributed by atoms with Crippen molar-refractivity contribution in [3.05, 3.63) is 41.2 Å². The van der Waals surface area contributed by atoms with Crippen molar-refractivity contribution >= 4 is 5.91 Å². The van der Waals surface area contributed by atoms with Gasteiger partial charge in [0, 0.05) is 19.1 Å². The molecule has 0 saturated carbocycles. The van der Waals surface area contributed by atoms with Crippen molar-refractivity contribution in [2.75, 3.05) is 0 Å². The Kier molecular flexibility index (Phi) is 4.92. The zero-order valence-electron chi connectivity index (χ0n) is 14.6. The Labute approximate surface area is 142 Å². The van der Waals surface area contributed by atoms with Crippen LogP contribution in [0.5, 0.6) is 0 Å². The third kappa shape index (κ3) is 3.47. The number of tetrazole rings is 1. The van der Waals surface area contributed by atoms with Crippen LogP contribution in [-0.2, 0) is 17.9 Å². The van der Waals surface area contributed by atoms with E-state index in [1.54, 1.807) is 4.68 Å². The maximum absolute atomic E-state index is 13.3. The topological polar surface area (TPSA) is 63.9 Å². The predicted molar refractivity (Wildman–Crippen MR) is 91.3 cm³/mol. The summed E-state index contributed by atoms with van der Waals surface area (Å²) < 4.78 is 1.79. The number of carbonyl (C=O) groups excluding carboxylic acids is 1. The molecule has 3 rings (SSSR count). The lowest BCUT2D eigenvalue weighted by atomic mass is 9.99. The van der Waals surface area contributed by atoms with Gasteiger partial charge in [0.25, 0.3) is 0 Å². The van der Waals surface area contributed by atoms with Gasteiger partial charge >= 0.3 is 0 Å². The largest absolute Gasteiger partial charge is 0.335 e. The van der Waals surface area contributed by atoms with Crippen LogP contribution in [0, 0.1) is 6.92 Å². The van der Waals surface area contributed by atoms with Crippen LogP contribution in [-0.4, -0.2) is 37.1 Å². The number of carbonyl (C=O) groups is 1. The number of hydrogen-bond acceptors (Lipinski definition) is 4. The molecule has 0 radical (unpaired) electrons. The summed E-state index contributed by atoms with van der Waals surface area (Å²) in [5.74, 6) is 0.603. The van der Waals surface area contributed by atoms with E-state index in [0.29, 0.717) is 12.4 Å². The molecular formula is C18H25N5O. The fourth-order valence-electron chi connectivity index (χ4n) is 3.32. The van der Waals surface area contributed by atoms with Crippen LogP contribution in [0.4, 0.5) is 0 Å².